The summed E-state index contributed by atoms with van der Waals surface area (Å²) in [4.78, 5) is 15.6. The third kappa shape index (κ3) is 3.71. The van der Waals surface area contributed by atoms with E-state index in [1.807, 2.05) is 32.0 Å². The molecule has 0 atom stereocenters. The first kappa shape index (κ1) is 15.3. The Balaban J connectivity index is 1.99. The summed E-state index contributed by atoms with van der Waals surface area (Å²) in [5.41, 5.74) is 7.60. The molecule has 0 bridgehead atoms. The molecule has 2 N–H and O–H groups in total. The fraction of sp³-hybridized carbons (Fsp3) is 0.533. The number of ether oxygens (including phenoxy) is 2. The zero-order chi connectivity index (χ0) is 15.2. The van der Waals surface area contributed by atoms with Gasteiger partial charge in [-0.05, 0) is 26.0 Å². The van der Waals surface area contributed by atoms with Gasteiger partial charge in [0, 0.05) is 37.9 Å². The Bertz CT molecular complexity index is 485. The Hall–Kier alpha value is -2.11. The number of carbonyl (C=O) groups excluding carboxylic acids is 1. The van der Waals surface area contributed by atoms with Gasteiger partial charge in [-0.2, -0.15) is 0 Å². The molecule has 2 rings (SSSR count). The van der Waals surface area contributed by atoms with Crippen LogP contribution in [0.1, 0.15) is 13.8 Å². The van der Waals surface area contributed by atoms with Crippen molar-refractivity contribution in [1.82, 2.24) is 4.90 Å². The normalized spacial score (nSPS) is 15.0. The summed E-state index contributed by atoms with van der Waals surface area (Å²) < 4.78 is 10.5. The van der Waals surface area contributed by atoms with E-state index in [0.717, 1.165) is 18.8 Å². The molecule has 1 aromatic carbocycles. The predicted molar refractivity (Wildman–Crippen MR) is 82.8 cm³/mol. The molecule has 0 radical (unpaired) electrons. The zero-order valence-corrected chi connectivity index (χ0v) is 12.7. The number of amides is 1. The molecule has 1 aliphatic heterocycles. The first-order chi connectivity index (χ1) is 10.2. The quantitative estimate of drug-likeness (QED) is 0.859. The molecular weight excluding hydrogens is 270 g/mol. The van der Waals surface area contributed by atoms with Crippen molar-refractivity contribution < 1.29 is 14.3 Å². The van der Waals surface area contributed by atoms with Crippen molar-refractivity contribution in [3.63, 3.8) is 0 Å². The molecule has 1 fully saturated rings. The van der Waals surface area contributed by atoms with Crippen LogP contribution in [0.25, 0.3) is 0 Å². The van der Waals surface area contributed by atoms with Gasteiger partial charge in [-0.25, -0.2) is 4.79 Å². The Kier molecular flexibility index (Phi) is 5.14. The summed E-state index contributed by atoms with van der Waals surface area (Å²) in [5, 5.41) is 0. The molecule has 6 heteroatoms. The van der Waals surface area contributed by atoms with E-state index < -0.39 is 0 Å². The van der Waals surface area contributed by atoms with Crippen molar-refractivity contribution >= 4 is 17.5 Å². The van der Waals surface area contributed by atoms with Crippen molar-refractivity contribution in [3.05, 3.63) is 18.2 Å². The lowest BCUT2D eigenvalue weighted by Crippen LogP contribution is -2.49. The first-order valence-corrected chi connectivity index (χ1v) is 7.34. The molecule has 1 heterocycles. The minimum absolute atomic E-state index is 0.232. The number of carbonyl (C=O) groups is 1. The molecule has 1 saturated heterocycles. The number of anilines is 2. The van der Waals surface area contributed by atoms with Gasteiger partial charge < -0.3 is 25.0 Å². The number of benzene rings is 1. The van der Waals surface area contributed by atoms with Crippen LogP contribution in [0.4, 0.5) is 16.2 Å². The van der Waals surface area contributed by atoms with Gasteiger partial charge in [0.1, 0.15) is 5.75 Å². The number of nitrogens with two attached hydrogens (primary N) is 1. The Labute approximate surface area is 125 Å². The number of nitrogens with zero attached hydrogens (tertiary/aromatic N) is 2. The minimum Gasteiger partial charge on any atom is -0.492 e. The van der Waals surface area contributed by atoms with E-state index in [-0.39, 0.29) is 6.09 Å². The summed E-state index contributed by atoms with van der Waals surface area (Å²) in [6.07, 6.45) is -0.232. The first-order valence-electron chi connectivity index (χ1n) is 7.34. The molecule has 0 spiro atoms. The van der Waals surface area contributed by atoms with Crippen LogP contribution in [0.15, 0.2) is 18.2 Å². The van der Waals surface area contributed by atoms with E-state index in [2.05, 4.69) is 4.90 Å². The summed E-state index contributed by atoms with van der Waals surface area (Å²) in [6, 6.07) is 5.80. The Morgan fingerprint density at radius 1 is 1.19 bits per heavy atom. The van der Waals surface area contributed by atoms with Crippen LogP contribution in [0, 0.1) is 0 Å². The fourth-order valence-electron chi connectivity index (χ4n) is 2.36. The van der Waals surface area contributed by atoms with Gasteiger partial charge in [0.2, 0.25) is 0 Å². The molecule has 0 unspecified atom stereocenters. The largest absolute Gasteiger partial charge is 0.492 e. The number of piperazine rings is 1. The SMILES string of the molecule is CCOC(=O)N1CCN(c2ccc(N)c(OCC)c2)CC1. The zero-order valence-electron chi connectivity index (χ0n) is 12.7. The minimum atomic E-state index is -0.232. The summed E-state index contributed by atoms with van der Waals surface area (Å²) in [5.74, 6) is 0.711. The van der Waals surface area contributed by atoms with E-state index in [0.29, 0.717) is 37.7 Å². The van der Waals surface area contributed by atoms with E-state index in [9.17, 15) is 4.79 Å². The molecule has 1 amide bonds. The fourth-order valence-corrected chi connectivity index (χ4v) is 2.36. The van der Waals surface area contributed by atoms with E-state index >= 15 is 0 Å². The highest BCUT2D eigenvalue weighted by Gasteiger charge is 2.22. The average Bonchev–Trinajstić information content (AvgIpc) is 2.50. The average molecular weight is 293 g/mol. The van der Waals surface area contributed by atoms with Crippen LogP contribution in [0.3, 0.4) is 0 Å². The maximum Gasteiger partial charge on any atom is 0.409 e. The molecule has 0 aromatic heterocycles. The van der Waals surface area contributed by atoms with Crippen molar-refractivity contribution in [1.29, 1.82) is 0 Å². The van der Waals surface area contributed by atoms with Crippen LogP contribution < -0.4 is 15.4 Å². The number of nitrogen functional groups attached to an aromatic ring is 1. The molecule has 1 aliphatic rings. The van der Waals surface area contributed by atoms with Crippen molar-refractivity contribution in [2.45, 2.75) is 13.8 Å². The number of hydrogen-bond donors (Lipinski definition) is 1. The monoisotopic (exact) mass is 293 g/mol. The van der Waals surface area contributed by atoms with Crippen LogP contribution in [0.2, 0.25) is 0 Å². The Morgan fingerprint density at radius 3 is 2.52 bits per heavy atom. The van der Waals surface area contributed by atoms with Crippen LogP contribution >= 0.6 is 0 Å². The van der Waals surface area contributed by atoms with Gasteiger partial charge >= 0.3 is 6.09 Å². The topological polar surface area (TPSA) is 68.0 Å². The van der Waals surface area contributed by atoms with Gasteiger partial charge in [-0.3, -0.25) is 0 Å². The molecule has 6 nitrogen and oxygen atoms in total. The van der Waals surface area contributed by atoms with Gasteiger partial charge in [0.05, 0.1) is 18.9 Å². The van der Waals surface area contributed by atoms with Crippen molar-refractivity contribution in [3.8, 4) is 5.75 Å². The molecule has 116 valence electrons. The van der Waals surface area contributed by atoms with Crippen molar-refractivity contribution in [2.24, 2.45) is 0 Å². The number of rotatable bonds is 4. The summed E-state index contributed by atoms with van der Waals surface area (Å²) in [7, 11) is 0. The van der Waals surface area contributed by atoms with Gasteiger partial charge in [0.25, 0.3) is 0 Å². The standard InChI is InChI=1S/C15H23N3O3/c1-3-20-14-11-12(5-6-13(14)16)17-7-9-18(10-8-17)15(19)21-4-2/h5-6,11H,3-4,7-10,16H2,1-2H3. The second-order valence-electron chi connectivity index (χ2n) is 4.83. The molecule has 1 aromatic rings. The van der Waals surface area contributed by atoms with Crippen LogP contribution in [0.5, 0.6) is 5.75 Å². The smallest absolute Gasteiger partial charge is 0.409 e. The summed E-state index contributed by atoms with van der Waals surface area (Å²) >= 11 is 0. The van der Waals surface area contributed by atoms with E-state index in [1.165, 1.54) is 0 Å². The lowest BCUT2D eigenvalue weighted by Gasteiger charge is -2.35. The van der Waals surface area contributed by atoms with Gasteiger partial charge in [0.15, 0.2) is 0 Å². The second-order valence-corrected chi connectivity index (χ2v) is 4.83. The van der Waals surface area contributed by atoms with Crippen LogP contribution in [-0.4, -0.2) is 50.4 Å². The van der Waals surface area contributed by atoms with Crippen molar-refractivity contribution in [2.75, 3.05) is 50.0 Å². The second kappa shape index (κ2) is 7.06. The van der Waals surface area contributed by atoms with Crippen LogP contribution in [-0.2, 0) is 4.74 Å². The molecule has 21 heavy (non-hydrogen) atoms. The highest BCUT2D eigenvalue weighted by Crippen LogP contribution is 2.28. The molecular formula is C15H23N3O3. The summed E-state index contributed by atoms with van der Waals surface area (Å²) in [6.45, 7) is 7.62. The molecule has 0 aliphatic carbocycles. The maximum absolute atomic E-state index is 11.7. The highest BCUT2D eigenvalue weighted by atomic mass is 16.6. The lowest BCUT2D eigenvalue weighted by atomic mass is 10.2. The maximum atomic E-state index is 11.7. The lowest BCUT2D eigenvalue weighted by molar-refractivity contribution is 0.105. The van der Waals surface area contributed by atoms with Gasteiger partial charge in [-0.1, -0.05) is 0 Å². The Morgan fingerprint density at radius 2 is 1.90 bits per heavy atom. The third-order valence-electron chi connectivity index (χ3n) is 3.47. The predicted octanol–water partition coefficient (Wildman–Crippen LogP) is 1.95. The van der Waals surface area contributed by atoms with E-state index in [4.69, 9.17) is 15.2 Å². The number of hydrogen-bond acceptors (Lipinski definition) is 5. The third-order valence-corrected chi connectivity index (χ3v) is 3.47. The van der Waals surface area contributed by atoms with Gasteiger partial charge in [-0.15, -0.1) is 0 Å². The molecule has 0 saturated carbocycles. The highest BCUT2D eigenvalue weighted by molar-refractivity contribution is 5.68. The van der Waals surface area contributed by atoms with E-state index in [1.54, 1.807) is 4.90 Å².